The monoisotopic (exact) mass is 320 g/mol. The van der Waals surface area contributed by atoms with Crippen molar-refractivity contribution in [2.45, 2.75) is 18.7 Å². The van der Waals surface area contributed by atoms with E-state index in [-0.39, 0.29) is 16.3 Å². The highest BCUT2D eigenvalue weighted by atomic mass is 32.2. The van der Waals surface area contributed by atoms with E-state index in [1.165, 1.54) is 27.0 Å². The number of carbonyl (C=O) groups is 1. The first-order valence-corrected chi connectivity index (χ1v) is 7.97. The summed E-state index contributed by atoms with van der Waals surface area (Å²) in [5, 5.41) is 3.61. The predicted octanol–water partition coefficient (Wildman–Crippen LogP) is 2.15. The standard InChI is InChI=1S/C15H16N2O4S/c1-11-15(12(2)21-16-11)22(19,20)17(3)14(18)10-9-13-7-5-4-6-8-13/h4-10H,1-3H3/b10-9+. The van der Waals surface area contributed by atoms with Gasteiger partial charge in [-0.3, -0.25) is 4.79 Å². The lowest BCUT2D eigenvalue weighted by molar-refractivity contribution is -0.120. The molecule has 0 aliphatic heterocycles. The molecule has 0 saturated heterocycles. The van der Waals surface area contributed by atoms with E-state index in [1.807, 2.05) is 30.3 Å². The van der Waals surface area contributed by atoms with Gasteiger partial charge < -0.3 is 4.52 Å². The van der Waals surface area contributed by atoms with E-state index in [9.17, 15) is 13.2 Å². The minimum Gasteiger partial charge on any atom is -0.360 e. The molecule has 0 bridgehead atoms. The first kappa shape index (κ1) is 16.0. The second-order valence-corrected chi connectivity index (χ2v) is 6.61. The van der Waals surface area contributed by atoms with Gasteiger partial charge in [0.1, 0.15) is 5.69 Å². The molecule has 0 fully saturated rings. The molecule has 1 amide bonds. The van der Waals surface area contributed by atoms with Crippen molar-refractivity contribution in [2.75, 3.05) is 7.05 Å². The largest absolute Gasteiger partial charge is 0.360 e. The number of nitrogens with zero attached hydrogens (tertiary/aromatic N) is 2. The fourth-order valence-electron chi connectivity index (χ4n) is 1.93. The summed E-state index contributed by atoms with van der Waals surface area (Å²) in [6, 6.07) is 9.13. The van der Waals surface area contributed by atoms with E-state index in [0.717, 1.165) is 5.56 Å². The van der Waals surface area contributed by atoms with Gasteiger partial charge in [0.15, 0.2) is 10.7 Å². The first-order valence-electron chi connectivity index (χ1n) is 6.53. The summed E-state index contributed by atoms with van der Waals surface area (Å²) in [5.74, 6) is -0.493. The van der Waals surface area contributed by atoms with Crippen molar-refractivity contribution in [1.82, 2.24) is 9.46 Å². The summed E-state index contributed by atoms with van der Waals surface area (Å²) >= 11 is 0. The second kappa shape index (κ2) is 6.15. The fourth-order valence-corrected chi connectivity index (χ4v) is 3.32. The van der Waals surface area contributed by atoms with Crippen molar-refractivity contribution in [3.63, 3.8) is 0 Å². The SMILES string of the molecule is Cc1noc(C)c1S(=O)(=O)N(C)C(=O)/C=C/c1ccccc1. The van der Waals surface area contributed by atoms with E-state index in [1.54, 1.807) is 6.08 Å². The molecule has 1 aromatic carbocycles. The Kier molecular flexibility index (Phi) is 4.46. The van der Waals surface area contributed by atoms with Gasteiger partial charge in [0.05, 0.1) is 0 Å². The molecule has 22 heavy (non-hydrogen) atoms. The minimum absolute atomic E-state index is 0.0727. The van der Waals surface area contributed by atoms with Crippen molar-refractivity contribution in [1.29, 1.82) is 0 Å². The Hall–Kier alpha value is -2.41. The summed E-state index contributed by atoms with van der Waals surface area (Å²) in [6.45, 7) is 3.01. The van der Waals surface area contributed by atoms with Gasteiger partial charge in [-0.05, 0) is 25.5 Å². The zero-order chi connectivity index (χ0) is 16.3. The number of aryl methyl sites for hydroxylation is 2. The van der Waals surface area contributed by atoms with Crippen LogP contribution in [-0.2, 0) is 14.8 Å². The van der Waals surface area contributed by atoms with Crippen LogP contribution in [0.2, 0.25) is 0 Å². The van der Waals surface area contributed by atoms with Gasteiger partial charge in [-0.2, -0.15) is 0 Å². The molecule has 0 spiro atoms. The Morgan fingerprint density at radius 2 is 1.86 bits per heavy atom. The Bertz CT molecular complexity index is 788. The molecule has 6 nitrogen and oxygen atoms in total. The number of amides is 1. The van der Waals surface area contributed by atoms with Crippen molar-refractivity contribution in [3.8, 4) is 0 Å². The molecular weight excluding hydrogens is 304 g/mol. The molecule has 0 N–H and O–H groups in total. The molecule has 2 rings (SSSR count). The van der Waals surface area contributed by atoms with Crippen LogP contribution < -0.4 is 0 Å². The lowest BCUT2D eigenvalue weighted by Crippen LogP contribution is -2.32. The highest BCUT2D eigenvalue weighted by molar-refractivity contribution is 7.89. The van der Waals surface area contributed by atoms with Gasteiger partial charge in [0.25, 0.3) is 15.9 Å². The quantitative estimate of drug-likeness (QED) is 0.806. The van der Waals surface area contributed by atoms with Crippen molar-refractivity contribution >= 4 is 22.0 Å². The maximum atomic E-state index is 12.5. The summed E-state index contributed by atoms with van der Waals surface area (Å²) in [5.41, 5.74) is 1.03. The Morgan fingerprint density at radius 1 is 1.23 bits per heavy atom. The topological polar surface area (TPSA) is 80.5 Å². The Morgan fingerprint density at radius 3 is 2.41 bits per heavy atom. The maximum absolute atomic E-state index is 12.5. The molecule has 0 aliphatic rings. The summed E-state index contributed by atoms with van der Waals surface area (Å²) in [6.07, 6.45) is 2.77. The van der Waals surface area contributed by atoms with Crippen LogP contribution in [0.5, 0.6) is 0 Å². The molecule has 0 unspecified atom stereocenters. The number of benzene rings is 1. The number of carbonyl (C=O) groups excluding carboxylic acids is 1. The average molecular weight is 320 g/mol. The van der Waals surface area contributed by atoms with Crippen LogP contribution in [0.4, 0.5) is 0 Å². The van der Waals surface area contributed by atoms with Gasteiger partial charge in [-0.25, -0.2) is 12.7 Å². The van der Waals surface area contributed by atoms with Gasteiger partial charge in [-0.15, -0.1) is 0 Å². The van der Waals surface area contributed by atoms with E-state index < -0.39 is 15.9 Å². The number of sulfonamides is 1. The molecule has 1 aromatic heterocycles. The zero-order valence-corrected chi connectivity index (χ0v) is 13.3. The minimum atomic E-state index is -3.98. The lowest BCUT2D eigenvalue weighted by Gasteiger charge is -2.15. The van der Waals surface area contributed by atoms with Gasteiger partial charge in [0, 0.05) is 13.1 Å². The van der Waals surface area contributed by atoms with Crippen LogP contribution in [0.25, 0.3) is 6.08 Å². The van der Waals surface area contributed by atoms with E-state index in [2.05, 4.69) is 5.16 Å². The normalized spacial score (nSPS) is 11.8. The Labute approximate surface area is 129 Å². The Balaban J connectivity index is 2.25. The molecule has 0 saturated carbocycles. The summed E-state index contributed by atoms with van der Waals surface area (Å²) in [7, 11) is -2.78. The second-order valence-electron chi connectivity index (χ2n) is 4.71. The third kappa shape index (κ3) is 3.09. The number of aromatic nitrogens is 1. The van der Waals surface area contributed by atoms with Crippen LogP contribution >= 0.6 is 0 Å². The number of hydrogen-bond acceptors (Lipinski definition) is 5. The summed E-state index contributed by atoms with van der Waals surface area (Å²) in [4.78, 5) is 12.0. The molecule has 7 heteroatoms. The van der Waals surface area contributed by atoms with Crippen LogP contribution in [-0.4, -0.2) is 30.8 Å². The molecule has 0 aliphatic carbocycles. The zero-order valence-electron chi connectivity index (χ0n) is 12.5. The number of likely N-dealkylation sites (N-methyl/N-ethyl adjacent to an activating group) is 1. The molecule has 1 heterocycles. The predicted molar refractivity (Wildman–Crippen MR) is 81.4 cm³/mol. The third-order valence-electron chi connectivity index (χ3n) is 3.11. The molecule has 116 valence electrons. The molecular formula is C15H16N2O4S. The maximum Gasteiger partial charge on any atom is 0.271 e. The van der Waals surface area contributed by atoms with Crippen LogP contribution in [0, 0.1) is 13.8 Å². The van der Waals surface area contributed by atoms with Gasteiger partial charge >= 0.3 is 0 Å². The van der Waals surface area contributed by atoms with Crippen molar-refractivity contribution < 1.29 is 17.7 Å². The lowest BCUT2D eigenvalue weighted by atomic mass is 10.2. The number of hydrogen-bond donors (Lipinski definition) is 0. The fraction of sp³-hybridized carbons (Fsp3) is 0.200. The highest BCUT2D eigenvalue weighted by Crippen LogP contribution is 2.22. The van der Waals surface area contributed by atoms with Crippen LogP contribution in [0.3, 0.4) is 0 Å². The average Bonchev–Trinajstić information content (AvgIpc) is 2.84. The van der Waals surface area contributed by atoms with E-state index in [0.29, 0.717) is 4.31 Å². The smallest absolute Gasteiger partial charge is 0.271 e. The molecule has 0 radical (unpaired) electrons. The van der Waals surface area contributed by atoms with Crippen molar-refractivity contribution in [2.24, 2.45) is 0 Å². The highest BCUT2D eigenvalue weighted by Gasteiger charge is 2.30. The van der Waals surface area contributed by atoms with Crippen molar-refractivity contribution in [3.05, 3.63) is 53.4 Å². The first-order chi connectivity index (χ1) is 10.3. The third-order valence-corrected chi connectivity index (χ3v) is 5.11. The summed E-state index contributed by atoms with van der Waals surface area (Å²) < 4.78 is 30.5. The van der Waals surface area contributed by atoms with Crippen LogP contribution in [0.15, 0.2) is 45.8 Å². The van der Waals surface area contributed by atoms with E-state index >= 15 is 0 Å². The van der Waals surface area contributed by atoms with Gasteiger partial charge in [0.2, 0.25) is 0 Å². The van der Waals surface area contributed by atoms with Gasteiger partial charge in [-0.1, -0.05) is 35.5 Å². The number of rotatable bonds is 4. The van der Waals surface area contributed by atoms with E-state index in [4.69, 9.17) is 4.52 Å². The molecule has 0 atom stereocenters. The van der Waals surface area contributed by atoms with Crippen LogP contribution in [0.1, 0.15) is 17.0 Å². The molecule has 2 aromatic rings.